The summed E-state index contributed by atoms with van der Waals surface area (Å²) in [4.78, 5) is 25.4. The molecule has 0 aromatic heterocycles. The first-order valence-electron chi connectivity index (χ1n) is 25.4. The Labute approximate surface area is 383 Å². The van der Waals surface area contributed by atoms with Crippen molar-refractivity contribution in [1.82, 2.24) is 0 Å². The molecule has 0 aromatic rings. The molecule has 0 saturated carbocycles. The maximum Gasteiger partial charge on any atom is 0.306 e. The second-order valence-electron chi connectivity index (χ2n) is 16.3. The van der Waals surface area contributed by atoms with E-state index >= 15 is 0 Å². The van der Waals surface area contributed by atoms with E-state index in [1.54, 1.807) is 0 Å². The quantitative estimate of drug-likeness (QED) is 0.0347. The second-order valence-corrected chi connectivity index (χ2v) is 16.3. The predicted molar refractivity (Wildman–Crippen MR) is 269 cm³/mol. The number of unbranched alkanes of at least 4 members (excludes halogenated alkanes) is 16. The molecule has 0 saturated heterocycles. The molecule has 352 valence electrons. The van der Waals surface area contributed by atoms with Crippen molar-refractivity contribution in [2.24, 2.45) is 0 Å². The van der Waals surface area contributed by atoms with Crippen LogP contribution in [0.3, 0.4) is 0 Å². The highest BCUT2D eigenvalue weighted by Crippen LogP contribution is 2.12. The molecule has 5 nitrogen and oxygen atoms in total. The standard InChI is InChI=1S/C57H94O5/c1-4-7-10-13-16-19-22-24-26-28-29-31-32-34-36-38-41-44-47-50-56(58)61-54-55(53-60-52-49-46-43-40-21-18-15-12-9-6-3)62-57(59)51-48-45-42-39-37-35-33-30-27-25-23-20-17-14-11-8-5-2/h7-8,10-11,16-17,19-20,24-27,29,31,33-36,55H,4-6,9,12-15,18,21-23,28,30,32,37-54H2,1-3H3/b10-7-,11-8-,19-16-,20-17-,26-24-,27-25-,31-29-,35-33-,36-34-. The zero-order valence-electron chi connectivity index (χ0n) is 40.3. The lowest BCUT2D eigenvalue weighted by Crippen LogP contribution is -2.30. The summed E-state index contributed by atoms with van der Waals surface area (Å²) in [5.74, 6) is -0.466. The van der Waals surface area contributed by atoms with Gasteiger partial charge in [-0.2, -0.15) is 0 Å². The number of ether oxygens (including phenoxy) is 3. The van der Waals surface area contributed by atoms with Crippen LogP contribution in [0.15, 0.2) is 109 Å². The second kappa shape index (κ2) is 51.9. The van der Waals surface area contributed by atoms with E-state index in [0.29, 0.717) is 19.4 Å². The van der Waals surface area contributed by atoms with Gasteiger partial charge in [0.05, 0.1) is 6.61 Å². The molecule has 0 radical (unpaired) electrons. The summed E-state index contributed by atoms with van der Waals surface area (Å²) < 4.78 is 17.3. The summed E-state index contributed by atoms with van der Waals surface area (Å²) in [7, 11) is 0. The molecule has 1 unspecified atom stereocenters. The summed E-state index contributed by atoms with van der Waals surface area (Å²) in [6, 6.07) is 0. The first-order chi connectivity index (χ1) is 30.6. The van der Waals surface area contributed by atoms with Crippen LogP contribution in [-0.2, 0) is 23.8 Å². The molecule has 5 heteroatoms. The van der Waals surface area contributed by atoms with E-state index in [9.17, 15) is 9.59 Å². The maximum atomic E-state index is 12.8. The number of allylic oxidation sites excluding steroid dienone is 18. The molecule has 62 heavy (non-hydrogen) atoms. The summed E-state index contributed by atoms with van der Waals surface area (Å²) in [5, 5.41) is 0. The smallest absolute Gasteiger partial charge is 0.306 e. The average Bonchev–Trinajstić information content (AvgIpc) is 3.27. The van der Waals surface area contributed by atoms with Crippen molar-refractivity contribution in [2.45, 2.75) is 219 Å². The van der Waals surface area contributed by atoms with Crippen molar-refractivity contribution in [1.29, 1.82) is 0 Å². The molecule has 0 aliphatic heterocycles. The van der Waals surface area contributed by atoms with Gasteiger partial charge in [0.2, 0.25) is 0 Å². The lowest BCUT2D eigenvalue weighted by Gasteiger charge is -2.18. The molecule has 0 aromatic carbocycles. The van der Waals surface area contributed by atoms with E-state index < -0.39 is 6.10 Å². The molecule has 0 amide bonds. The summed E-state index contributed by atoms with van der Waals surface area (Å²) in [6.07, 6.45) is 70.9. The van der Waals surface area contributed by atoms with Gasteiger partial charge in [-0.15, -0.1) is 0 Å². The molecule has 0 spiro atoms. The fourth-order valence-corrected chi connectivity index (χ4v) is 6.58. The maximum absolute atomic E-state index is 12.8. The Bertz CT molecular complexity index is 1250. The van der Waals surface area contributed by atoms with E-state index in [1.165, 1.54) is 51.4 Å². The van der Waals surface area contributed by atoms with Gasteiger partial charge in [0.25, 0.3) is 0 Å². The predicted octanol–water partition coefficient (Wildman–Crippen LogP) is 17.2. The van der Waals surface area contributed by atoms with Crippen LogP contribution >= 0.6 is 0 Å². The van der Waals surface area contributed by atoms with Crippen molar-refractivity contribution in [3.63, 3.8) is 0 Å². The van der Waals surface area contributed by atoms with Gasteiger partial charge in [-0.05, 0) is 103 Å². The topological polar surface area (TPSA) is 61.8 Å². The van der Waals surface area contributed by atoms with Crippen molar-refractivity contribution in [3.8, 4) is 0 Å². The lowest BCUT2D eigenvalue weighted by molar-refractivity contribution is -0.163. The monoisotopic (exact) mass is 859 g/mol. The van der Waals surface area contributed by atoms with Gasteiger partial charge < -0.3 is 14.2 Å². The number of carbonyl (C=O) groups is 2. The molecule has 0 aliphatic carbocycles. The van der Waals surface area contributed by atoms with E-state index in [4.69, 9.17) is 14.2 Å². The van der Waals surface area contributed by atoms with Crippen molar-refractivity contribution >= 4 is 11.9 Å². The number of esters is 2. The SMILES string of the molecule is CC/C=C\C/C=C\C/C=C\C/C=C\C/C=C\CCCCCC(=O)OCC(COCCCCCCCCCCCC)OC(=O)CCCCCC/C=C\C/C=C\C/C=C\C/C=C\CC. The molecular formula is C57H94O5. The number of hydrogen-bond acceptors (Lipinski definition) is 5. The van der Waals surface area contributed by atoms with Gasteiger partial charge in [0.1, 0.15) is 6.61 Å². The highest BCUT2D eigenvalue weighted by molar-refractivity contribution is 5.70. The molecule has 0 fully saturated rings. The minimum Gasteiger partial charge on any atom is -0.462 e. The van der Waals surface area contributed by atoms with Gasteiger partial charge in [-0.1, -0.05) is 207 Å². The summed E-state index contributed by atoms with van der Waals surface area (Å²) >= 11 is 0. The van der Waals surface area contributed by atoms with Gasteiger partial charge >= 0.3 is 11.9 Å². The molecule has 0 aliphatic rings. The molecule has 0 N–H and O–H groups in total. The van der Waals surface area contributed by atoms with Crippen LogP contribution in [-0.4, -0.2) is 37.9 Å². The Hall–Kier alpha value is -3.44. The first-order valence-corrected chi connectivity index (χ1v) is 25.4. The molecular weight excluding hydrogens is 765 g/mol. The fraction of sp³-hybridized carbons (Fsp3) is 0.649. The highest BCUT2D eigenvalue weighted by atomic mass is 16.6. The Balaban J connectivity index is 4.35. The molecule has 0 bridgehead atoms. The van der Waals surface area contributed by atoms with Gasteiger partial charge in [0, 0.05) is 19.4 Å². The van der Waals surface area contributed by atoms with Crippen molar-refractivity contribution < 1.29 is 23.8 Å². The van der Waals surface area contributed by atoms with Crippen LogP contribution in [0.5, 0.6) is 0 Å². The van der Waals surface area contributed by atoms with Crippen LogP contribution < -0.4 is 0 Å². The normalized spacial score (nSPS) is 13.1. The number of hydrogen-bond donors (Lipinski definition) is 0. The van der Waals surface area contributed by atoms with Crippen LogP contribution in [0.4, 0.5) is 0 Å². The molecule has 0 heterocycles. The Morgan fingerprint density at radius 1 is 0.371 bits per heavy atom. The third-order valence-electron chi connectivity index (χ3n) is 10.3. The van der Waals surface area contributed by atoms with Crippen LogP contribution in [0.1, 0.15) is 213 Å². The molecule has 0 rings (SSSR count). The average molecular weight is 859 g/mol. The lowest BCUT2D eigenvalue weighted by atomic mass is 10.1. The van der Waals surface area contributed by atoms with E-state index in [1.807, 2.05) is 0 Å². The third kappa shape index (κ3) is 49.2. The minimum atomic E-state index is -0.567. The zero-order valence-corrected chi connectivity index (χ0v) is 40.3. The van der Waals surface area contributed by atoms with E-state index in [2.05, 4.69) is 130 Å². The minimum absolute atomic E-state index is 0.0531. The van der Waals surface area contributed by atoms with Gasteiger partial charge in [-0.25, -0.2) is 0 Å². The van der Waals surface area contributed by atoms with Crippen molar-refractivity contribution in [2.75, 3.05) is 19.8 Å². The van der Waals surface area contributed by atoms with Gasteiger partial charge in [0.15, 0.2) is 6.10 Å². The fourth-order valence-electron chi connectivity index (χ4n) is 6.58. The number of rotatable bonds is 45. The third-order valence-corrected chi connectivity index (χ3v) is 10.3. The Kier molecular flexibility index (Phi) is 49.0. The summed E-state index contributed by atoms with van der Waals surface area (Å²) in [6.45, 7) is 7.52. The van der Waals surface area contributed by atoms with Gasteiger partial charge in [-0.3, -0.25) is 9.59 Å². The highest BCUT2D eigenvalue weighted by Gasteiger charge is 2.17. The summed E-state index contributed by atoms with van der Waals surface area (Å²) in [5.41, 5.74) is 0. The van der Waals surface area contributed by atoms with E-state index in [0.717, 1.165) is 128 Å². The van der Waals surface area contributed by atoms with E-state index in [-0.39, 0.29) is 25.2 Å². The first kappa shape index (κ1) is 58.6. The Morgan fingerprint density at radius 3 is 1.18 bits per heavy atom. The number of carbonyl (C=O) groups excluding carboxylic acids is 2. The van der Waals surface area contributed by atoms with Crippen molar-refractivity contribution in [3.05, 3.63) is 109 Å². The largest absolute Gasteiger partial charge is 0.462 e. The van der Waals surface area contributed by atoms with Crippen LogP contribution in [0.2, 0.25) is 0 Å². The van der Waals surface area contributed by atoms with Crippen LogP contribution in [0, 0.1) is 0 Å². The Morgan fingerprint density at radius 2 is 0.726 bits per heavy atom. The molecule has 1 atom stereocenters. The zero-order chi connectivity index (χ0) is 44.9. The van der Waals surface area contributed by atoms with Crippen LogP contribution in [0.25, 0.3) is 0 Å².